The maximum Gasteiger partial charge on any atom is 0.181 e. The van der Waals surface area contributed by atoms with Gasteiger partial charge in [0.05, 0.1) is 6.10 Å². The molecule has 0 aliphatic heterocycles. The molecule has 0 heterocycles. The lowest BCUT2D eigenvalue weighted by atomic mass is 9.96. The second-order valence-electron chi connectivity index (χ2n) is 5.80. The zero-order valence-electron chi connectivity index (χ0n) is 14.0. The summed E-state index contributed by atoms with van der Waals surface area (Å²) in [5.74, 6) is 0.170. The summed E-state index contributed by atoms with van der Waals surface area (Å²) in [4.78, 5) is 22.2. The van der Waals surface area contributed by atoms with Crippen molar-refractivity contribution >= 4 is 12.1 Å². The molecule has 1 aliphatic carbocycles. The zero-order chi connectivity index (χ0) is 16.9. The number of allylic oxidation sites excluding steroid dienone is 6. The Balaban J connectivity index is 2.45. The molecule has 0 radical (unpaired) electrons. The smallest absolute Gasteiger partial charge is 0.181 e. The molecular weight excluding hydrogens is 288 g/mol. The van der Waals surface area contributed by atoms with E-state index in [4.69, 9.17) is 0 Å². The lowest BCUT2D eigenvalue weighted by Gasteiger charge is -2.10. The molecule has 3 nitrogen and oxygen atoms in total. The molecule has 0 unspecified atom stereocenters. The molecule has 2 atom stereocenters. The van der Waals surface area contributed by atoms with E-state index in [0.29, 0.717) is 19.3 Å². The second kappa shape index (κ2) is 11.8. The number of carbonyl (C=O) groups is 2. The van der Waals surface area contributed by atoms with Gasteiger partial charge in [-0.05, 0) is 44.6 Å². The lowest BCUT2D eigenvalue weighted by Crippen LogP contribution is -2.07. The van der Waals surface area contributed by atoms with Crippen LogP contribution < -0.4 is 0 Å². The van der Waals surface area contributed by atoms with Gasteiger partial charge in [-0.3, -0.25) is 4.79 Å². The van der Waals surface area contributed by atoms with Crippen LogP contribution in [0.2, 0.25) is 0 Å². The van der Waals surface area contributed by atoms with Gasteiger partial charge in [0.2, 0.25) is 0 Å². The van der Waals surface area contributed by atoms with Gasteiger partial charge in [0.1, 0.15) is 6.29 Å². The Morgan fingerprint density at radius 3 is 2.74 bits per heavy atom. The first kappa shape index (κ1) is 19.3. The number of rotatable bonds is 11. The van der Waals surface area contributed by atoms with Crippen LogP contribution in [-0.2, 0) is 9.59 Å². The fourth-order valence-electron chi connectivity index (χ4n) is 2.50. The average molecular weight is 316 g/mol. The highest BCUT2D eigenvalue weighted by atomic mass is 16.3. The number of ketones is 1. The minimum Gasteiger partial charge on any atom is -0.392 e. The van der Waals surface area contributed by atoms with Crippen molar-refractivity contribution in [2.75, 3.05) is 0 Å². The van der Waals surface area contributed by atoms with Crippen molar-refractivity contribution in [2.45, 2.75) is 58.0 Å². The molecule has 126 valence electrons. The molecule has 0 aromatic rings. The Hall–Kier alpha value is -1.74. The van der Waals surface area contributed by atoms with E-state index in [1.807, 2.05) is 24.3 Å². The highest BCUT2D eigenvalue weighted by Crippen LogP contribution is 2.26. The van der Waals surface area contributed by atoms with Crippen molar-refractivity contribution in [3.63, 3.8) is 0 Å². The van der Waals surface area contributed by atoms with Gasteiger partial charge in [-0.25, -0.2) is 0 Å². The summed E-state index contributed by atoms with van der Waals surface area (Å²) in [5.41, 5.74) is 0.793. The minimum absolute atomic E-state index is 0.0562. The van der Waals surface area contributed by atoms with Crippen LogP contribution >= 0.6 is 0 Å². The van der Waals surface area contributed by atoms with E-state index >= 15 is 0 Å². The maximum atomic E-state index is 11.9. The van der Waals surface area contributed by atoms with Crippen molar-refractivity contribution in [1.29, 1.82) is 0 Å². The zero-order valence-corrected chi connectivity index (χ0v) is 14.0. The predicted molar refractivity (Wildman–Crippen MR) is 94.1 cm³/mol. The molecule has 0 amide bonds. The van der Waals surface area contributed by atoms with Gasteiger partial charge in [-0.2, -0.15) is 0 Å². The van der Waals surface area contributed by atoms with Crippen LogP contribution in [0.25, 0.3) is 0 Å². The van der Waals surface area contributed by atoms with Gasteiger partial charge in [0, 0.05) is 17.9 Å². The first-order valence-electron chi connectivity index (χ1n) is 8.53. The number of hydrogen-bond donors (Lipinski definition) is 1. The predicted octanol–water partition coefficient (Wildman–Crippen LogP) is 4.09. The highest BCUT2D eigenvalue weighted by molar-refractivity contribution is 6.07. The SMILES string of the molecule is CC/C=C\C[C@H](O)C/C=C1/C(=O)C=C[C@@H]1C/C=C\CCCC=O. The fourth-order valence-corrected chi connectivity index (χ4v) is 2.50. The van der Waals surface area contributed by atoms with Crippen LogP contribution in [0.3, 0.4) is 0 Å². The second-order valence-corrected chi connectivity index (χ2v) is 5.80. The van der Waals surface area contributed by atoms with Crippen molar-refractivity contribution in [2.24, 2.45) is 5.92 Å². The van der Waals surface area contributed by atoms with Crippen molar-refractivity contribution in [1.82, 2.24) is 0 Å². The van der Waals surface area contributed by atoms with Crippen LogP contribution in [0.15, 0.2) is 48.1 Å². The first-order valence-corrected chi connectivity index (χ1v) is 8.53. The van der Waals surface area contributed by atoms with Gasteiger partial charge in [-0.15, -0.1) is 0 Å². The molecule has 1 aliphatic rings. The molecule has 0 bridgehead atoms. The Labute approximate surface area is 139 Å². The summed E-state index contributed by atoms with van der Waals surface area (Å²) in [6.45, 7) is 2.06. The van der Waals surface area contributed by atoms with E-state index in [0.717, 1.165) is 37.5 Å². The number of aliphatic hydroxyl groups is 1. The van der Waals surface area contributed by atoms with E-state index in [1.165, 1.54) is 0 Å². The molecule has 0 saturated carbocycles. The monoisotopic (exact) mass is 316 g/mol. The Kier molecular flexibility index (Phi) is 9.89. The van der Waals surface area contributed by atoms with Crippen LogP contribution in [0, 0.1) is 5.92 Å². The van der Waals surface area contributed by atoms with Crippen LogP contribution in [0.1, 0.15) is 51.9 Å². The van der Waals surface area contributed by atoms with Gasteiger partial charge >= 0.3 is 0 Å². The van der Waals surface area contributed by atoms with E-state index in [1.54, 1.807) is 6.08 Å². The van der Waals surface area contributed by atoms with Crippen LogP contribution in [0.4, 0.5) is 0 Å². The van der Waals surface area contributed by atoms with Gasteiger partial charge in [0.15, 0.2) is 5.78 Å². The third kappa shape index (κ3) is 7.89. The average Bonchev–Trinajstić information content (AvgIpc) is 2.89. The molecule has 1 rings (SSSR count). The summed E-state index contributed by atoms with van der Waals surface area (Å²) < 4.78 is 0. The maximum absolute atomic E-state index is 11.9. The largest absolute Gasteiger partial charge is 0.392 e. The number of aliphatic hydroxyl groups excluding tert-OH is 1. The number of carbonyl (C=O) groups excluding carboxylic acids is 2. The quantitative estimate of drug-likeness (QED) is 0.270. The fraction of sp³-hybridized carbons (Fsp3) is 0.500. The van der Waals surface area contributed by atoms with E-state index in [2.05, 4.69) is 19.1 Å². The van der Waals surface area contributed by atoms with Crippen molar-refractivity contribution in [3.8, 4) is 0 Å². The summed E-state index contributed by atoms with van der Waals surface area (Å²) in [6, 6.07) is 0. The summed E-state index contributed by atoms with van der Waals surface area (Å²) in [5, 5.41) is 9.94. The molecule has 0 aromatic carbocycles. The topological polar surface area (TPSA) is 54.4 Å². The van der Waals surface area contributed by atoms with Crippen LogP contribution in [-0.4, -0.2) is 23.3 Å². The molecule has 3 heteroatoms. The molecule has 23 heavy (non-hydrogen) atoms. The van der Waals surface area contributed by atoms with E-state index in [9.17, 15) is 14.7 Å². The normalized spacial score (nSPS) is 21.0. The van der Waals surface area contributed by atoms with Gasteiger partial charge in [-0.1, -0.05) is 43.4 Å². The molecule has 0 spiro atoms. The van der Waals surface area contributed by atoms with Gasteiger partial charge in [0.25, 0.3) is 0 Å². The lowest BCUT2D eigenvalue weighted by molar-refractivity contribution is -0.111. The first-order chi connectivity index (χ1) is 11.2. The highest BCUT2D eigenvalue weighted by Gasteiger charge is 2.21. The molecule has 0 saturated heterocycles. The molecule has 0 aromatic heterocycles. The number of unbranched alkanes of at least 4 members (excludes halogenated alkanes) is 2. The Bertz CT molecular complexity index is 483. The Morgan fingerprint density at radius 2 is 2.00 bits per heavy atom. The van der Waals surface area contributed by atoms with Crippen molar-refractivity contribution in [3.05, 3.63) is 48.1 Å². The minimum atomic E-state index is -0.432. The molecule has 0 fully saturated rings. The number of hydrogen-bond acceptors (Lipinski definition) is 3. The third-order valence-corrected chi connectivity index (χ3v) is 3.83. The van der Waals surface area contributed by atoms with Crippen molar-refractivity contribution < 1.29 is 14.7 Å². The summed E-state index contributed by atoms with van der Waals surface area (Å²) in [6.07, 6.45) is 19.4. The van der Waals surface area contributed by atoms with Crippen LogP contribution in [0.5, 0.6) is 0 Å². The summed E-state index contributed by atoms with van der Waals surface area (Å²) >= 11 is 0. The number of aldehydes is 1. The Morgan fingerprint density at radius 1 is 1.17 bits per heavy atom. The van der Waals surface area contributed by atoms with E-state index in [-0.39, 0.29) is 11.7 Å². The van der Waals surface area contributed by atoms with Gasteiger partial charge < -0.3 is 9.90 Å². The third-order valence-electron chi connectivity index (χ3n) is 3.83. The van der Waals surface area contributed by atoms with E-state index < -0.39 is 6.10 Å². The summed E-state index contributed by atoms with van der Waals surface area (Å²) in [7, 11) is 0. The molecular formula is C20H28O3. The molecule has 1 N–H and O–H groups in total. The standard InChI is InChI=1S/C20H28O3/c1-2-3-7-11-18(22)13-14-19-17(12-15-20(19)23)10-8-5-4-6-9-16-21/h3,5,7-8,12,14-18,22H,2,4,6,9-11,13H2,1H3/b7-3-,8-5-,19-14+/t17-,18-/m0/s1.